The van der Waals surface area contributed by atoms with Gasteiger partial charge in [0, 0.05) is 29.9 Å². The highest BCUT2D eigenvalue weighted by molar-refractivity contribution is 7.11. The highest BCUT2D eigenvalue weighted by Gasteiger charge is 2.24. The van der Waals surface area contributed by atoms with Crippen LogP contribution in [0.1, 0.15) is 49.2 Å². The Morgan fingerprint density at radius 1 is 1.47 bits per heavy atom. The number of aromatic nitrogens is 1. The van der Waals surface area contributed by atoms with E-state index >= 15 is 0 Å². The van der Waals surface area contributed by atoms with E-state index in [1.54, 1.807) is 11.3 Å². The first-order chi connectivity index (χ1) is 8.00. The first-order valence-corrected chi connectivity index (χ1v) is 7.13. The summed E-state index contributed by atoms with van der Waals surface area (Å²) in [5, 5.41) is 1.18. The minimum Gasteiger partial charge on any atom is -0.378 e. The Morgan fingerprint density at radius 2 is 2.24 bits per heavy atom. The molecule has 0 bridgehead atoms. The van der Waals surface area contributed by atoms with E-state index in [-0.39, 0.29) is 5.41 Å². The van der Waals surface area contributed by atoms with Gasteiger partial charge in [0.1, 0.15) is 0 Å². The second-order valence-electron chi connectivity index (χ2n) is 5.67. The summed E-state index contributed by atoms with van der Waals surface area (Å²) in [4.78, 5) is 6.00. The van der Waals surface area contributed by atoms with Gasteiger partial charge < -0.3 is 10.5 Å². The topological polar surface area (TPSA) is 48.1 Å². The van der Waals surface area contributed by atoms with Crippen molar-refractivity contribution < 1.29 is 4.74 Å². The molecule has 1 fully saturated rings. The number of nitrogens with two attached hydrogens (primary N) is 1. The number of hydrogen-bond acceptors (Lipinski definition) is 4. The summed E-state index contributed by atoms with van der Waals surface area (Å²) in [6, 6.07) is 0. The Hall–Kier alpha value is -0.450. The molecule has 1 aromatic heterocycles. The third-order valence-corrected chi connectivity index (χ3v) is 4.16. The second-order valence-corrected chi connectivity index (χ2v) is 6.84. The SMILES string of the molecule is CC(C)(C)c1nc(CC2CCCO2)sc1CN. The van der Waals surface area contributed by atoms with Gasteiger partial charge in [0.2, 0.25) is 0 Å². The van der Waals surface area contributed by atoms with Gasteiger partial charge in [-0.3, -0.25) is 0 Å². The van der Waals surface area contributed by atoms with E-state index in [4.69, 9.17) is 15.5 Å². The fraction of sp³-hybridized carbons (Fsp3) is 0.769. The minimum absolute atomic E-state index is 0.0833. The van der Waals surface area contributed by atoms with E-state index < -0.39 is 0 Å². The molecule has 2 heterocycles. The molecule has 2 rings (SSSR count). The maximum Gasteiger partial charge on any atom is 0.0957 e. The van der Waals surface area contributed by atoms with Crippen molar-refractivity contribution >= 4 is 11.3 Å². The van der Waals surface area contributed by atoms with Gasteiger partial charge in [-0.15, -0.1) is 11.3 Å². The summed E-state index contributed by atoms with van der Waals surface area (Å²) in [7, 11) is 0. The van der Waals surface area contributed by atoms with E-state index in [1.807, 2.05) is 0 Å². The molecule has 96 valence electrons. The minimum atomic E-state index is 0.0833. The van der Waals surface area contributed by atoms with Crippen LogP contribution in [0.25, 0.3) is 0 Å². The molecular weight excluding hydrogens is 232 g/mol. The first kappa shape index (κ1) is 13.0. The van der Waals surface area contributed by atoms with Crippen molar-refractivity contribution in [3.8, 4) is 0 Å². The molecule has 1 aliphatic rings. The van der Waals surface area contributed by atoms with Crippen LogP contribution >= 0.6 is 11.3 Å². The molecule has 0 saturated carbocycles. The molecule has 0 amide bonds. The normalized spacial score (nSPS) is 21.1. The summed E-state index contributed by atoms with van der Waals surface area (Å²) in [6.45, 7) is 8.08. The Kier molecular flexibility index (Phi) is 3.85. The average molecular weight is 254 g/mol. The van der Waals surface area contributed by atoms with Gasteiger partial charge in [-0.2, -0.15) is 0 Å². The zero-order valence-electron chi connectivity index (χ0n) is 11.0. The van der Waals surface area contributed by atoms with Crippen LogP contribution in [0.15, 0.2) is 0 Å². The summed E-state index contributed by atoms with van der Waals surface area (Å²) in [6.07, 6.45) is 3.68. The maximum atomic E-state index is 5.81. The fourth-order valence-electron chi connectivity index (χ4n) is 2.21. The Labute approximate surface area is 107 Å². The van der Waals surface area contributed by atoms with Crippen LogP contribution in [-0.2, 0) is 23.1 Å². The molecule has 3 nitrogen and oxygen atoms in total. The van der Waals surface area contributed by atoms with Gasteiger partial charge in [0.25, 0.3) is 0 Å². The molecule has 1 atom stereocenters. The summed E-state index contributed by atoms with van der Waals surface area (Å²) in [5.74, 6) is 0. The van der Waals surface area contributed by atoms with Crippen LogP contribution in [0.3, 0.4) is 0 Å². The lowest BCUT2D eigenvalue weighted by Gasteiger charge is -2.17. The quantitative estimate of drug-likeness (QED) is 0.902. The molecule has 0 spiro atoms. The van der Waals surface area contributed by atoms with Crippen molar-refractivity contribution in [2.45, 2.75) is 58.1 Å². The second kappa shape index (κ2) is 5.04. The molecule has 1 aromatic rings. The van der Waals surface area contributed by atoms with Crippen LogP contribution in [0.5, 0.6) is 0 Å². The lowest BCUT2D eigenvalue weighted by molar-refractivity contribution is 0.111. The van der Waals surface area contributed by atoms with E-state index in [9.17, 15) is 0 Å². The standard InChI is InChI=1S/C13H22N2OS/c1-13(2,3)12-10(8-14)17-11(15-12)7-9-5-4-6-16-9/h9H,4-8,14H2,1-3H3. The predicted molar refractivity (Wildman–Crippen MR) is 71.4 cm³/mol. The Morgan fingerprint density at radius 3 is 2.71 bits per heavy atom. The van der Waals surface area contributed by atoms with Crippen LogP contribution in [0, 0.1) is 0 Å². The smallest absolute Gasteiger partial charge is 0.0957 e. The average Bonchev–Trinajstić information content (AvgIpc) is 2.86. The van der Waals surface area contributed by atoms with Crippen molar-refractivity contribution in [3.05, 3.63) is 15.6 Å². The summed E-state index contributed by atoms with van der Waals surface area (Å²) >= 11 is 1.76. The monoisotopic (exact) mass is 254 g/mol. The molecule has 1 aliphatic heterocycles. The van der Waals surface area contributed by atoms with Crippen molar-refractivity contribution in [2.75, 3.05) is 6.61 Å². The van der Waals surface area contributed by atoms with Gasteiger partial charge in [-0.05, 0) is 12.8 Å². The van der Waals surface area contributed by atoms with Crippen LogP contribution in [0.2, 0.25) is 0 Å². The molecule has 17 heavy (non-hydrogen) atoms. The van der Waals surface area contributed by atoms with Gasteiger partial charge >= 0.3 is 0 Å². The van der Waals surface area contributed by atoms with E-state index in [2.05, 4.69) is 20.8 Å². The van der Waals surface area contributed by atoms with E-state index in [0.717, 1.165) is 18.7 Å². The van der Waals surface area contributed by atoms with Crippen molar-refractivity contribution in [1.29, 1.82) is 0 Å². The van der Waals surface area contributed by atoms with Crippen LogP contribution in [0.4, 0.5) is 0 Å². The molecule has 1 unspecified atom stereocenters. The predicted octanol–water partition coefficient (Wildman–Crippen LogP) is 2.62. The highest BCUT2D eigenvalue weighted by Crippen LogP contribution is 2.30. The molecular formula is C13H22N2OS. The largest absolute Gasteiger partial charge is 0.378 e. The first-order valence-electron chi connectivity index (χ1n) is 6.31. The molecule has 1 saturated heterocycles. The van der Waals surface area contributed by atoms with Crippen LogP contribution < -0.4 is 5.73 Å². The van der Waals surface area contributed by atoms with Crippen molar-refractivity contribution in [3.63, 3.8) is 0 Å². The molecule has 0 radical (unpaired) electrons. The maximum absolute atomic E-state index is 5.81. The summed E-state index contributed by atoms with van der Waals surface area (Å²) in [5.41, 5.74) is 7.06. The number of rotatable bonds is 3. The fourth-order valence-corrected chi connectivity index (χ4v) is 3.43. The highest BCUT2D eigenvalue weighted by atomic mass is 32.1. The Bertz CT molecular complexity index is 375. The number of hydrogen-bond donors (Lipinski definition) is 1. The number of thiazole rings is 1. The summed E-state index contributed by atoms with van der Waals surface area (Å²) < 4.78 is 5.66. The lowest BCUT2D eigenvalue weighted by atomic mass is 9.91. The molecule has 0 aliphatic carbocycles. The number of nitrogens with zero attached hydrogens (tertiary/aromatic N) is 1. The molecule has 4 heteroatoms. The third-order valence-electron chi connectivity index (χ3n) is 3.06. The van der Waals surface area contributed by atoms with Crippen molar-refractivity contribution in [2.24, 2.45) is 5.73 Å². The van der Waals surface area contributed by atoms with Gasteiger partial charge in [0.15, 0.2) is 0 Å². The number of ether oxygens (including phenoxy) is 1. The van der Waals surface area contributed by atoms with Gasteiger partial charge in [0.05, 0.1) is 16.8 Å². The lowest BCUT2D eigenvalue weighted by Crippen LogP contribution is -2.16. The van der Waals surface area contributed by atoms with E-state index in [0.29, 0.717) is 12.6 Å². The Balaban J connectivity index is 2.15. The molecule has 2 N–H and O–H groups in total. The van der Waals surface area contributed by atoms with Crippen LogP contribution in [-0.4, -0.2) is 17.7 Å². The zero-order chi connectivity index (χ0) is 12.5. The van der Waals surface area contributed by atoms with E-state index in [1.165, 1.54) is 22.7 Å². The van der Waals surface area contributed by atoms with Gasteiger partial charge in [-0.1, -0.05) is 20.8 Å². The van der Waals surface area contributed by atoms with Crippen molar-refractivity contribution in [1.82, 2.24) is 4.98 Å². The third kappa shape index (κ3) is 3.06. The zero-order valence-corrected chi connectivity index (χ0v) is 11.8. The molecule has 0 aromatic carbocycles. The van der Waals surface area contributed by atoms with Gasteiger partial charge in [-0.25, -0.2) is 4.98 Å².